The Morgan fingerprint density at radius 1 is 1.25 bits per heavy atom. The molecule has 0 spiro atoms. The van der Waals surface area contributed by atoms with Gasteiger partial charge in [0.15, 0.2) is 12.7 Å². The number of rotatable bonds is 5. The van der Waals surface area contributed by atoms with Crippen LogP contribution in [0.3, 0.4) is 0 Å². The maximum absolute atomic E-state index is 12.8. The van der Waals surface area contributed by atoms with Crippen LogP contribution >= 0.6 is 0 Å². The van der Waals surface area contributed by atoms with Gasteiger partial charge in [0.05, 0.1) is 12.0 Å². The van der Waals surface area contributed by atoms with E-state index < -0.39 is 18.0 Å². The summed E-state index contributed by atoms with van der Waals surface area (Å²) in [6, 6.07) is 11.2. The van der Waals surface area contributed by atoms with Crippen LogP contribution in [0.4, 0.5) is 0 Å². The van der Waals surface area contributed by atoms with Crippen LogP contribution in [-0.4, -0.2) is 41.9 Å². The summed E-state index contributed by atoms with van der Waals surface area (Å²) >= 11 is 0. The van der Waals surface area contributed by atoms with Crippen molar-refractivity contribution in [2.45, 2.75) is 38.3 Å². The molecule has 7 heteroatoms. The molecule has 2 aromatic rings. The minimum atomic E-state index is -0.570. The number of esters is 1. The first-order valence-electron chi connectivity index (χ1n) is 9.40. The van der Waals surface area contributed by atoms with Crippen LogP contribution in [0, 0.1) is 6.92 Å². The minimum absolute atomic E-state index is 0.361. The van der Waals surface area contributed by atoms with Gasteiger partial charge >= 0.3 is 5.97 Å². The van der Waals surface area contributed by atoms with E-state index in [2.05, 4.69) is 5.10 Å². The number of benzene rings is 1. The van der Waals surface area contributed by atoms with E-state index in [9.17, 15) is 9.59 Å². The van der Waals surface area contributed by atoms with Gasteiger partial charge in [-0.15, -0.1) is 0 Å². The second-order valence-corrected chi connectivity index (χ2v) is 7.00. The van der Waals surface area contributed by atoms with Crippen LogP contribution in [0.1, 0.15) is 42.2 Å². The summed E-state index contributed by atoms with van der Waals surface area (Å²) in [6.07, 6.45) is 2.98. The Morgan fingerprint density at radius 3 is 2.75 bits per heavy atom. The molecular formula is C21H22N2O5. The Bertz CT molecular complexity index is 867. The fourth-order valence-corrected chi connectivity index (χ4v) is 3.42. The quantitative estimate of drug-likeness (QED) is 0.743. The van der Waals surface area contributed by atoms with Crippen molar-refractivity contribution in [2.24, 2.45) is 5.10 Å². The van der Waals surface area contributed by atoms with Gasteiger partial charge in [0.1, 0.15) is 11.8 Å². The lowest BCUT2D eigenvalue weighted by atomic mass is 10.0. The van der Waals surface area contributed by atoms with Gasteiger partial charge in [-0.3, -0.25) is 4.79 Å². The molecule has 2 aliphatic rings. The van der Waals surface area contributed by atoms with E-state index in [1.54, 1.807) is 12.3 Å². The predicted molar refractivity (Wildman–Crippen MR) is 101 cm³/mol. The van der Waals surface area contributed by atoms with Crippen molar-refractivity contribution in [3.63, 3.8) is 0 Å². The first-order valence-corrected chi connectivity index (χ1v) is 9.40. The van der Waals surface area contributed by atoms with Crippen LogP contribution in [-0.2, 0) is 19.1 Å². The zero-order valence-electron chi connectivity index (χ0n) is 15.7. The van der Waals surface area contributed by atoms with E-state index in [0.717, 1.165) is 23.3 Å². The smallest absolute Gasteiger partial charge is 0.335 e. The van der Waals surface area contributed by atoms with Gasteiger partial charge in [-0.1, -0.05) is 29.8 Å². The summed E-state index contributed by atoms with van der Waals surface area (Å²) in [7, 11) is 0. The molecule has 0 unspecified atom stereocenters. The highest BCUT2D eigenvalue weighted by Gasteiger charge is 2.35. The number of hydrazone groups is 1. The largest absolute Gasteiger partial charge is 0.467 e. The highest BCUT2D eigenvalue weighted by atomic mass is 16.6. The molecule has 2 aliphatic heterocycles. The van der Waals surface area contributed by atoms with Gasteiger partial charge in [0.25, 0.3) is 5.91 Å². The zero-order chi connectivity index (χ0) is 19.5. The van der Waals surface area contributed by atoms with Crippen molar-refractivity contribution in [1.29, 1.82) is 0 Å². The Hall–Kier alpha value is -2.93. The van der Waals surface area contributed by atoms with Gasteiger partial charge in [0, 0.05) is 13.0 Å². The normalized spacial score (nSPS) is 21.6. The third-order valence-corrected chi connectivity index (χ3v) is 4.95. The number of amides is 1. The Morgan fingerprint density at radius 2 is 2.07 bits per heavy atom. The first kappa shape index (κ1) is 18.4. The number of hydrogen-bond donors (Lipinski definition) is 0. The molecule has 1 saturated heterocycles. The fourth-order valence-electron chi connectivity index (χ4n) is 3.42. The third-order valence-electron chi connectivity index (χ3n) is 4.95. The average Bonchev–Trinajstić information content (AvgIpc) is 3.47. The fraction of sp³-hybridized carbons (Fsp3) is 0.381. The van der Waals surface area contributed by atoms with Gasteiger partial charge < -0.3 is 13.9 Å². The molecule has 1 fully saturated rings. The summed E-state index contributed by atoms with van der Waals surface area (Å²) in [5, 5.41) is 5.88. The van der Waals surface area contributed by atoms with E-state index in [1.807, 2.05) is 37.3 Å². The molecule has 1 aromatic heterocycles. The number of furan rings is 1. The van der Waals surface area contributed by atoms with E-state index in [4.69, 9.17) is 13.9 Å². The molecule has 2 atom stereocenters. The van der Waals surface area contributed by atoms with Crippen molar-refractivity contribution in [1.82, 2.24) is 5.01 Å². The van der Waals surface area contributed by atoms with Crippen LogP contribution in [0.25, 0.3) is 0 Å². The first-order chi connectivity index (χ1) is 13.6. The maximum atomic E-state index is 12.8. The van der Waals surface area contributed by atoms with Crippen LogP contribution in [0.2, 0.25) is 0 Å². The lowest BCUT2D eigenvalue weighted by molar-refractivity contribution is -0.160. The van der Waals surface area contributed by atoms with Crippen LogP contribution in [0.5, 0.6) is 0 Å². The van der Waals surface area contributed by atoms with E-state index in [0.29, 0.717) is 25.2 Å². The van der Waals surface area contributed by atoms with Gasteiger partial charge in [-0.05, 0) is 37.5 Å². The molecule has 0 bridgehead atoms. The van der Waals surface area contributed by atoms with Gasteiger partial charge in [0.2, 0.25) is 0 Å². The molecular weight excluding hydrogens is 360 g/mol. The molecule has 1 aromatic carbocycles. The van der Waals surface area contributed by atoms with Gasteiger partial charge in [-0.25, -0.2) is 9.80 Å². The van der Waals surface area contributed by atoms with E-state index in [1.165, 1.54) is 5.01 Å². The number of aryl methyl sites for hydroxylation is 1. The minimum Gasteiger partial charge on any atom is -0.467 e. The maximum Gasteiger partial charge on any atom is 0.335 e. The number of carbonyl (C=O) groups excluding carboxylic acids is 2. The second-order valence-electron chi connectivity index (χ2n) is 7.00. The molecule has 0 N–H and O–H groups in total. The SMILES string of the molecule is Cc1ccc(C2=NN(C(=O)COC(=O)[C@@H]3CCCO3)[C@H](c3ccco3)C2)cc1. The highest BCUT2D eigenvalue weighted by molar-refractivity contribution is 6.03. The summed E-state index contributed by atoms with van der Waals surface area (Å²) < 4.78 is 16.0. The molecule has 0 radical (unpaired) electrons. The number of carbonyl (C=O) groups is 2. The van der Waals surface area contributed by atoms with Crippen LogP contribution in [0.15, 0.2) is 52.2 Å². The van der Waals surface area contributed by atoms with E-state index >= 15 is 0 Å². The summed E-state index contributed by atoms with van der Waals surface area (Å²) in [4.78, 5) is 24.8. The molecule has 4 rings (SSSR count). The lowest BCUT2D eigenvalue weighted by Crippen LogP contribution is -2.33. The molecule has 28 heavy (non-hydrogen) atoms. The predicted octanol–water partition coefficient (Wildman–Crippen LogP) is 2.99. The molecule has 0 saturated carbocycles. The third kappa shape index (κ3) is 3.84. The van der Waals surface area contributed by atoms with Crippen molar-refractivity contribution >= 4 is 17.6 Å². The zero-order valence-corrected chi connectivity index (χ0v) is 15.7. The van der Waals surface area contributed by atoms with E-state index in [-0.39, 0.29) is 12.6 Å². The summed E-state index contributed by atoms with van der Waals surface area (Å²) in [6.45, 7) is 2.19. The number of ether oxygens (including phenoxy) is 2. The molecule has 1 amide bonds. The lowest BCUT2D eigenvalue weighted by Gasteiger charge is -2.20. The summed E-state index contributed by atoms with van der Waals surface area (Å²) in [5.74, 6) is -0.248. The standard InChI is InChI=1S/C21H22N2O5/c1-14-6-8-15(9-7-14)16-12-17(18-4-2-10-26-18)23(22-16)20(24)13-28-21(25)19-5-3-11-27-19/h2,4,6-10,17,19H,3,5,11-13H2,1H3/t17-,19-/m0/s1. The number of nitrogens with zero attached hydrogens (tertiary/aromatic N) is 2. The van der Waals surface area contributed by atoms with Crippen LogP contribution < -0.4 is 0 Å². The highest BCUT2D eigenvalue weighted by Crippen LogP contribution is 2.33. The molecule has 0 aliphatic carbocycles. The Balaban J connectivity index is 1.49. The van der Waals surface area contributed by atoms with Crippen molar-refractivity contribution < 1.29 is 23.5 Å². The second kappa shape index (κ2) is 7.98. The molecule has 3 heterocycles. The Labute approximate surface area is 162 Å². The molecule has 7 nitrogen and oxygen atoms in total. The van der Waals surface area contributed by atoms with Crippen molar-refractivity contribution in [3.8, 4) is 0 Å². The van der Waals surface area contributed by atoms with Crippen molar-refractivity contribution in [3.05, 3.63) is 59.5 Å². The average molecular weight is 382 g/mol. The van der Waals surface area contributed by atoms with Gasteiger partial charge in [-0.2, -0.15) is 5.10 Å². The molecule has 146 valence electrons. The van der Waals surface area contributed by atoms with Crippen molar-refractivity contribution in [2.75, 3.05) is 13.2 Å². The Kier molecular flexibility index (Phi) is 5.25. The monoisotopic (exact) mass is 382 g/mol. The topological polar surface area (TPSA) is 81.3 Å². The number of hydrogen-bond acceptors (Lipinski definition) is 6. The summed E-state index contributed by atoms with van der Waals surface area (Å²) in [5.41, 5.74) is 2.90.